The van der Waals surface area contributed by atoms with E-state index in [0.29, 0.717) is 17.1 Å². The number of non-ortho nitro benzene ring substituents is 1. The van der Waals surface area contributed by atoms with E-state index in [2.05, 4.69) is 11.4 Å². The average molecular weight is 496 g/mol. The molecule has 1 fully saturated rings. The van der Waals surface area contributed by atoms with Crippen molar-refractivity contribution in [1.29, 1.82) is 0 Å². The van der Waals surface area contributed by atoms with Gasteiger partial charge in [-0.25, -0.2) is 0 Å². The van der Waals surface area contributed by atoms with Crippen molar-refractivity contribution in [1.82, 2.24) is 9.80 Å². The lowest BCUT2D eigenvalue weighted by Crippen LogP contribution is -2.47. The molecule has 2 aromatic carbocycles. The van der Waals surface area contributed by atoms with Crippen LogP contribution in [0.2, 0.25) is 5.02 Å². The first-order chi connectivity index (χ1) is 16.4. The van der Waals surface area contributed by atoms with E-state index >= 15 is 0 Å². The van der Waals surface area contributed by atoms with Gasteiger partial charge in [0, 0.05) is 40.2 Å². The first-order valence-corrected chi connectivity index (χ1v) is 12.3. The predicted molar refractivity (Wildman–Crippen MR) is 130 cm³/mol. The van der Waals surface area contributed by atoms with Crippen molar-refractivity contribution in [3.8, 4) is 0 Å². The van der Waals surface area contributed by atoms with Crippen LogP contribution in [0.25, 0.3) is 0 Å². The second-order valence-corrected chi connectivity index (χ2v) is 10.00. The van der Waals surface area contributed by atoms with Gasteiger partial charge in [0.05, 0.1) is 11.0 Å². The van der Waals surface area contributed by atoms with Gasteiger partial charge in [0.25, 0.3) is 11.6 Å². The standard InChI is InChI=1S/C25H22ClN3O4S/c26-18-5-1-16(2-6-18)24-21-12-14-34-22(21)11-13-27(24)23(30)15-28(19-9-10-19)25(31)17-3-7-20(8-4-17)29(32)33/h1-8,12,14,19,24H,9-11,13,15H2. The first-order valence-electron chi connectivity index (χ1n) is 11.1. The number of hydrogen-bond donors (Lipinski definition) is 0. The number of hydrogen-bond acceptors (Lipinski definition) is 5. The van der Waals surface area contributed by atoms with Gasteiger partial charge in [-0.3, -0.25) is 19.7 Å². The van der Waals surface area contributed by atoms with Crippen molar-refractivity contribution in [2.75, 3.05) is 13.1 Å². The highest BCUT2D eigenvalue weighted by Gasteiger charge is 2.38. The number of carbonyl (C=O) groups is 2. The topological polar surface area (TPSA) is 83.8 Å². The Labute approximate surface area is 205 Å². The summed E-state index contributed by atoms with van der Waals surface area (Å²) in [6.45, 7) is 0.550. The summed E-state index contributed by atoms with van der Waals surface area (Å²) in [6, 6.07) is 15.0. The minimum absolute atomic E-state index is 0.0159. The Morgan fingerprint density at radius 1 is 1.09 bits per heavy atom. The van der Waals surface area contributed by atoms with Gasteiger partial charge < -0.3 is 9.80 Å². The van der Waals surface area contributed by atoms with Crippen LogP contribution in [0, 0.1) is 10.1 Å². The lowest BCUT2D eigenvalue weighted by atomic mass is 9.93. The normalized spacial score (nSPS) is 17.2. The Morgan fingerprint density at radius 2 is 1.79 bits per heavy atom. The number of halogens is 1. The van der Waals surface area contributed by atoms with Gasteiger partial charge in [0.1, 0.15) is 6.54 Å². The van der Waals surface area contributed by atoms with Crippen molar-refractivity contribution >= 4 is 40.4 Å². The molecule has 0 radical (unpaired) electrons. The molecule has 0 spiro atoms. The zero-order valence-corrected chi connectivity index (χ0v) is 19.8. The fourth-order valence-electron chi connectivity index (χ4n) is 4.47. The van der Waals surface area contributed by atoms with Crippen LogP contribution in [0.4, 0.5) is 5.69 Å². The van der Waals surface area contributed by atoms with Gasteiger partial charge in [-0.15, -0.1) is 11.3 Å². The third-order valence-corrected chi connectivity index (χ3v) is 7.60. The van der Waals surface area contributed by atoms with Gasteiger partial charge in [0.15, 0.2) is 0 Å². The number of amides is 2. The number of benzene rings is 2. The molecule has 0 saturated heterocycles. The van der Waals surface area contributed by atoms with E-state index in [1.807, 2.05) is 29.2 Å². The Morgan fingerprint density at radius 3 is 2.44 bits per heavy atom. The number of fused-ring (bicyclic) bond motifs is 1. The Kier molecular flexibility index (Phi) is 6.10. The highest BCUT2D eigenvalue weighted by molar-refractivity contribution is 7.10. The summed E-state index contributed by atoms with van der Waals surface area (Å²) in [5.74, 6) is -0.388. The molecule has 34 heavy (non-hydrogen) atoms. The fraction of sp³-hybridized carbons (Fsp3) is 0.280. The number of rotatable bonds is 6. The lowest BCUT2D eigenvalue weighted by molar-refractivity contribution is -0.384. The van der Waals surface area contributed by atoms with E-state index in [4.69, 9.17) is 11.6 Å². The molecule has 5 rings (SSSR count). The SMILES string of the molecule is O=C(c1ccc([N+](=O)[O-])cc1)N(CC(=O)N1CCc2sccc2C1c1ccc(Cl)cc1)C1CC1. The molecule has 3 aromatic rings. The summed E-state index contributed by atoms with van der Waals surface area (Å²) in [6.07, 6.45) is 2.48. The summed E-state index contributed by atoms with van der Waals surface area (Å²) in [5.41, 5.74) is 2.37. The Bertz CT molecular complexity index is 1240. The largest absolute Gasteiger partial charge is 0.330 e. The molecule has 1 atom stereocenters. The van der Waals surface area contributed by atoms with Crippen molar-refractivity contribution in [2.24, 2.45) is 0 Å². The molecule has 0 N–H and O–H groups in total. The zero-order chi connectivity index (χ0) is 23.8. The van der Waals surface area contributed by atoms with Crippen molar-refractivity contribution in [3.05, 3.63) is 96.7 Å². The summed E-state index contributed by atoms with van der Waals surface area (Å²) < 4.78 is 0. The molecule has 2 heterocycles. The van der Waals surface area contributed by atoms with Crippen molar-refractivity contribution in [2.45, 2.75) is 31.3 Å². The van der Waals surface area contributed by atoms with Crippen LogP contribution in [0.15, 0.2) is 60.0 Å². The second-order valence-electron chi connectivity index (χ2n) is 8.56. The molecule has 2 amide bonds. The third kappa shape index (κ3) is 4.43. The fourth-order valence-corrected chi connectivity index (χ4v) is 5.50. The van der Waals surface area contributed by atoms with Crippen LogP contribution in [-0.4, -0.2) is 45.7 Å². The predicted octanol–water partition coefficient (Wildman–Crippen LogP) is 5.09. The smallest absolute Gasteiger partial charge is 0.269 e. The molecule has 0 bridgehead atoms. The minimum Gasteiger partial charge on any atom is -0.330 e. The van der Waals surface area contributed by atoms with Gasteiger partial charge in [-0.2, -0.15) is 0 Å². The molecule has 2 aliphatic rings. The van der Waals surface area contributed by atoms with Gasteiger partial charge in [0.2, 0.25) is 5.91 Å². The van der Waals surface area contributed by atoms with E-state index in [1.54, 1.807) is 16.2 Å². The third-order valence-electron chi connectivity index (χ3n) is 6.35. The summed E-state index contributed by atoms with van der Waals surface area (Å²) in [5, 5.41) is 13.6. The van der Waals surface area contributed by atoms with Gasteiger partial charge in [-0.05, 0) is 66.1 Å². The molecule has 9 heteroatoms. The highest BCUT2D eigenvalue weighted by atomic mass is 35.5. The average Bonchev–Trinajstić information content (AvgIpc) is 3.57. The Hall–Kier alpha value is -3.23. The number of nitro benzene ring substituents is 1. The molecule has 1 aromatic heterocycles. The lowest BCUT2D eigenvalue weighted by Gasteiger charge is -2.37. The summed E-state index contributed by atoms with van der Waals surface area (Å²) in [7, 11) is 0. The molecule has 1 unspecified atom stereocenters. The van der Waals surface area contributed by atoms with E-state index < -0.39 is 4.92 Å². The maximum Gasteiger partial charge on any atom is 0.269 e. The number of nitrogens with zero attached hydrogens (tertiary/aromatic N) is 3. The number of thiophene rings is 1. The zero-order valence-electron chi connectivity index (χ0n) is 18.2. The molecule has 1 saturated carbocycles. The first kappa shape index (κ1) is 22.6. The minimum atomic E-state index is -0.498. The van der Waals surface area contributed by atoms with Crippen molar-refractivity contribution < 1.29 is 14.5 Å². The van der Waals surface area contributed by atoms with Crippen molar-refractivity contribution in [3.63, 3.8) is 0 Å². The molecular weight excluding hydrogens is 474 g/mol. The Balaban J connectivity index is 1.40. The van der Waals surface area contributed by atoms with Crippen LogP contribution in [0.1, 0.15) is 45.2 Å². The van der Waals surface area contributed by atoms with Crippen LogP contribution in [0.3, 0.4) is 0 Å². The van der Waals surface area contributed by atoms with Crippen LogP contribution >= 0.6 is 22.9 Å². The van der Waals surface area contributed by atoms with E-state index in [0.717, 1.165) is 30.4 Å². The molecule has 1 aliphatic heterocycles. The van der Waals surface area contributed by atoms with E-state index in [-0.39, 0.29) is 36.1 Å². The van der Waals surface area contributed by atoms with Crippen LogP contribution < -0.4 is 0 Å². The maximum absolute atomic E-state index is 13.6. The highest BCUT2D eigenvalue weighted by Crippen LogP contribution is 2.38. The quantitative estimate of drug-likeness (QED) is 0.352. The number of carbonyl (C=O) groups excluding carboxylic acids is 2. The molecular formula is C25H22ClN3O4S. The maximum atomic E-state index is 13.6. The molecule has 1 aliphatic carbocycles. The summed E-state index contributed by atoms with van der Waals surface area (Å²) in [4.78, 5) is 42.1. The van der Waals surface area contributed by atoms with E-state index in [9.17, 15) is 19.7 Å². The summed E-state index contributed by atoms with van der Waals surface area (Å²) >= 11 is 7.80. The monoisotopic (exact) mass is 495 g/mol. The van der Waals surface area contributed by atoms with E-state index in [1.165, 1.54) is 29.1 Å². The van der Waals surface area contributed by atoms with Crippen LogP contribution in [-0.2, 0) is 11.2 Å². The second kappa shape index (κ2) is 9.19. The van der Waals surface area contributed by atoms with Gasteiger partial charge >= 0.3 is 0 Å². The molecule has 7 nitrogen and oxygen atoms in total. The molecule has 174 valence electrons. The number of nitro groups is 1. The van der Waals surface area contributed by atoms with Gasteiger partial charge in [-0.1, -0.05) is 23.7 Å². The van der Waals surface area contributed by atoms with Crippen LogP contribution in [0.5, 0.6) is 0 Å².